The third-order valence-electron chi connectivity index (χ3n) is 5.31. The van der Waals surface area contributed by atoms with Gasteiger partial charge in [0.1, 0.15) is 12.6 Å². The van der Waals surface area contributed by atoms with Gasteiger partial charge in [0, 0.05) is 28.2 Å². The van der Waals surface area contributed by atoms with E-state index in [1.165, 1.54) is 4.90 Å². The molecule has 0 saturated heterocycles. The van der Waals surface area contributed by atoms with Crippen molar-refractivity contribution in [3.05, 3.63) is 62.6 Å². The lowest BCUT2D eigenvalue weighted by Gasteiger charge is -2.32. The molecule has 2 rings (SSSR count). The maximum Gasteiger partial charge on any atom is 0.244 e. The molecule has 7 nitrogen and oxygen atoms in total. The van der Waals surface area contributed by atoms with Gasteiger partial charge in [0.15, 0.2) is 0 Å². The number of halogens is 3. The molecule has 11 heteroatoms. The molecule has 2 amide bonds. The predicted octanol–water partition coefficient (Wildman–Crippen LogP) is 4.91. The molecule has 0 radical (unpaired) electrons. The molecular formula is C24H30Cl3N3O4S. The van der Waals surface area contributed by atoms with Gasteiger partial charge in [-0.25, -0.2) is 8.42 Å². The Hall–Kier alpha value is -2.00. The maximum atomic E-state index is 13.6. The van der Waals surface area contributed by atoms with E-state index >= 15 is 0 Å². The lowest BCUT2D eigenvalue weighted by atomic mass is 10.1. The molecule has 0 aliphatic heterocycles. The highest BCUT2D eigenvalue weighted by atomic mass is 35.5. The topological polar surface area (TPSA) is 86.8 Å². The van der Waals surface area contributed by atoms with E-state index in [4.69, 9.17) is 34.8 Å². The Morgan fingerprint density at radius 3 is 2.14 bits per heavy atom. The van der Waals surface area contributed by atoms with Gasteiger partial charge < -0.3 is 10.2 Å². The summed E-state index contributed by atoms with van der Waals surface area (Å²) in [6, 6.07) is 8.68. The molecule has 2 aromatic carbocycles. The molecule has 0 aliphatic carbocycles. The molecule has 0 bridgehead atoms. The second-order valence-electron chi connectivity index (χ2n) is 8.77. The Bertz CT molecular complexity index is 1190. The van der Waals surface area contributed by atoms with Gasteiger partial charge >= 0.3 is 0 Å². The van der Waals surface area contributed by atoms with Crippen LogP contribution < -0.4 is 9.62 Å². The summed E-state index contributed by atoms with van der Waals surface area (Å²) < 4.78 is 26.3. The highest BCUT2D eigenvalue weighted by Gasteiger charge is 2.31. The third kappa shape index (κ3) is 8.27. The van der Waals surface area contributed by atoms with E-state index in [0.717, 1.165) is 10.6 Å². The van der Waals surface area contributed by atoms with E-state index in [-0.39, 0.29) is 18.4 Å². The normalized spacial score (nSPS) is 12.4. The number of sulfonamides is 1. The molecule has 0 heterocycles. The van der Waals surface area contributed by atoms with Crippen molar-refractivity contribution in [3.63, 3.8) is 0 Å². The number of carbonyl (C=O) groups is 2. The first-order valence-electron chi connectivity index (χ1n) is 11.0. The molecule has 192 valence electrons. The van der Waals surface area contributed by atoms with Crippen LogP contribution in [0.25, 0.3) is 0 Å². The average Bonchev–Trinajstić information content (AvgIpc) is 2.74. The Morgan fingerprint density at radius 1 is 1.00 bits per heavy atom. The van der Waals surface area contributed by atoms with Gasteiger partial charge in [0.2, 0.25) is 21.8 Å². The van der Waals surface area contributed by atoms with Crippen molar-refractivity contribution in [1.29, 1.82) is 0 Å². The summed E-state index contributed by atoms with van der Waals surface area (Å²) in [5, 5.41) is 4.03. The van der Waals surface area contributed by atoms with Gasteiger partial charge in [-0.2, -0.15) is 0 Å². The Kier molecular flexibility index (Phi) is 10.3. The van der Waals surface area contributed by atoms with Crippen molar-refractivity contribution in [2.45, 2.75) is 40.3 Å². The van der Waals surface area contributed by atoms with E-state index in [1.54, 1.807) is 50.2 Å². The van der Waals surface area contributed by atoms with E-state index in [0.29, 0.717) is 38.4 Å². The lowest BCUT2D eigenvalue weighted by molar-refractivity contribution is -0.139. The summed E-state index contributed by atoms with van der Waals surface area (Å²) >= 11 is 18.4. The molecule has 0 spiro atoms. The quantitative estimate of drug-likeness (QED) is 0.446. The van der Waals surface area contributed by atoms with Gasteiger partial charge in [-0.1, -0.05) is 54.7 Å². The fourth-order valence-electron chi connectivity index (χ4n) is 3.36. The maximum absolute atomic E-state index is 13.6. The minimum absolute atomic E-state index is 0.0116. The van der Waals surface area contributed by atoms with Crippen molar-refractivity contribution in [2.75, 3.05) is 23.7 Å². The zero-order valence-electron chi connectivity index (χ0n) is 20.3. The largest absolute Gasteiger partial charge is 0.354 e. The predicted molar refractivity (Wildman–Crippen MR) is 143 cm³/mol. The van der Waals surface area contributed by atoms with Crippen LogP contribution >= 0.6 is 34.8 Å². The zero-order valence-corrected chi connectivity index (χ0v) is 23.4. The fraction of sp³-hybridized carbons (Fsp3) is 0.417. The van der Waals surface area contributed by atoms with Gasteiger partial charge in [0.05, 0.1) is 11.9 Å². The molecule has 0 saturated carbocycles. The monoisotopic (exact) mass is 561 g/mol. The van der Waals surface area contributed by atoms with Crippen molar-refractivity contribution in [2.24, 2.45) is 5.92 Å². The minimum Gasteiger partial charge on any atom is -0.354 e. The lowest BCUT2D eigenvalue weighted by Crippen LogP contribution is -2.51. The molecule has 1 atom stereocenters. The zero-order chi connectivity index (χ0) is 26.5. The second kappa shape index (κ2) is 12.3. The van der Waals surface area contributed by atoms with Gasteiger partial charge in [-0.15, -0.1) is 0 Å². The number of nitrogens with zero attached hydrogens (tertiary/aromatic N) is 2. The van der Waals surface area contributed by atoms with Crippen LogP contribution in [0.3, 0.4) is 0 Å². The number of hydrogen-bond donors (Lipinski definition) is 1. The molecule has 0 aliphatic rings. The molecule has 0 aromatic heterocycles. The van der Waals surface area contributed by atoms with Gasteiger partial charge in [-0.3, -0.25) is 13.9 Å². The molecule has 1 N–H and O–H groups in total. The van der Waals surface area contributed by atoms with Crippen LogP contribution in [-0.2, 0) is 26.2 Å². The van der Waals surface area contributed by atoms with E-state index in [9.17, 15) is 18.0 Å². The number of aryl methyl sites for hydroxylation is 1. The number of benzene rings is 2. The standard InChI is InChI=1S/C24H30Cl3N3O4S/c1-15(2)12-28-24(32)17(4)29(13-18-6-7-20(26)11-21(18)27)23(31)14-30(35(5,33)34)22-9-8-19(25)10-16(22)3/h6-11,15,17H,12-14H2,1-5H3,(H,28,32)/t17-/m1/s1. The highest BCUT2D eigenvalue weighted by molar-refractivity contribution is 7.92. The summed E-state index contributed by atoms with van der Waals surface area (Å²) in [6.07, 6.45) is 1.02. The van der Waals surface area contributed by atoms with Crippen molar-refractivity contribution < 1.29 is 18.0 Å². The van der Waals surface area contributed by atoms with Crippen LogP contribution in [0.4, 0.5) is 5.69 Å². The Balaban J connectivity index is 2.44. The summed E-state index contributed by atoms with van der Waals surface area (Å²) in [4.78, 5) is 27.7. The SMILES string of the molecule is Cc1cc(Cl)ccc1N(CC(=O)N(Cc1ccc(Cl)cc1Cl)[C@H](C)C(=O)NCC(C)C)S(C)(=O)=O. The first-order valence-corrected chi connectivity index (χ1v) is 13.9. The molecule has 0 unspecified atom stereocenters. The summed E-state index contributed by atoms with van der Waals surface area (Å²) in [7, 11) is -3.84. The molecule has 2 aromatic rings. The molecular weight excluding hydrogens is 533 g/mol. The van der Waals surface area contributed by atoms with Crippen LogP contribution in [-0.4, -0.2) is 50.5 Å². The fourth-order valence-corrected chi connectivity index (χ4v) is 4.96. The van der Waals surface area contributed by atoms with Crippen molar-refractivity contribution >= 4 is 62.3 Å². The number of anilines is 1. The number of carbonyl (C=O) groups excluding carboxylic acids is 2. The number of hydrogen-bond acceptors (Lipinski definition) is 4. The van der Waals surface area contributed by atoms with E-state index in [1.807, 2.05) is 13.8 Å². The summed E-state index contributed by atoms with van der Waals surface area (Å²) in [6.45, 7) is 7.13. The Morgan fingerprint density at radius 2 is 1.60 bits per heavy atom. The van der Waals surface area contributed by atoms with Gasteiger partial charge in [0.25, 0.3) is 0 Å². The Labute approximate surface area is 222 Å². The number of nitrogens with one attached hydrogen (secondary N) is 1. The number of amides is 2. The van der Waals surface area contributed by atoms with E-state index < -0.39 is 28.5 Å². The first kappa shape index (κ1) is 29.2. The van der Waals surface area contributed by atoms with Crippen LogP contribution in [0.15, 0.2) is 36.4 Å². The van der Waals surface area contributed by atoms with Crippen molar-refractivity contribution in [1.82, 2.24) is 10.2 Å². The third-order valence-corrected chi connectivity index (χ3v) is 7.26. The van der Waals surface area contributed by atoms with Crippen LogP contribution in [0, 0.1) is 12.8 Å². The highest BCUT2D eigenvalue weighted by Crippen LogP contribution is 2.27. The molecule has 0 fully saturated rings. The second-order valence-corrected chi connectivity index (χ2v) is 12.0. The van der Waals surface area contributed by atoms with Crippen molar-refractivity contribution in [3.8, 4) is 0 Å². The van der Waals surface area contributed by atoms with E-state index in [2.05, 4.69) is 5.32 Å². The average molecular weight is 563 g/mol. The molecule has 35 heavy (non-hydrogen) atoms. The van der Waals surface area contributed by atoms with Gasteiger partial charge in [-0.05, 0) is 61.2 Å². The van der Waals surface area contributed by atoms with Crippen LogP contribution in [0.1, 0.15) is 31.9 Å². The van der Waals surface area contributed by atoms with Crippen LogP contribution in [0.2, 0.25) is 15.1 Å². The summed E-state index contributed by atoms with van der Waals surface area (Å²) in [5.41, 5.74) is 1.49. The minimum atomic E-state index is -3.84. The van der Waals surface area contributed by atoms with Crippen LogP contribution in [0.5, 0.6) is 0 Å². The number of rotatable bonds is 10. The first-order chi connectivity index (χ1) is 16.2. The summed E-state index contributed by atoms with van der Waals surface area (Å²) in [5.74, 6) is -0.705. The smallest absolute Gasteiger partial charge is 0.244 e.